The summed E-state index contributed by atoms with van der Waals surface area (Å²) in [7, 11) is 0. The second-order valence-corrected chi connectivity index (χ2v) is 3.46. The van der Waals surface area contributed by atoms with Gasteiger partial charge < -0.3 is 10.2 Å². The molecule has 0 fully saturated rings. The molecule has 0 heterocycles. The topological polar surface area (TPSA) is 58.9 Å². The quantitative estimate of drug-likeness (QED) is 0.373. The second kappa shape index (κ2) is 5.48. The van der Waals surface area contributed by atoms with Crippen molar-refractivity contribution in [2.75, 3.05) is 0 Å². The summed E-state index contributed by atoms with van der Waals surface area (Å²) >= 11 is 0. The molecule has 0 radical (unpaired) electrons. The van der Waals surface area contributed by atoms with E-state index in [0.717, 1.165) is 0 Å². The van der Waals surface area contributed by atoms with Gasteiger partial charge >= 0.3 is 0 Å². The Morgan fingerprint density at radius 3 is 1.17 bits per heavy atom. The molecule has 0 rings (SSSR count). The van der Waals surface area contributed by atoms with Crippen molar-refractivity contribution < 1.29 is 20.0 Å². The van der Waals surface area contributed by atoms with Crippen LogP contribution in [0, 0.1) is 11.8 Å². The van der Waals surface area contributed by atoms with Crippen LogP contribution in [0.4, 0.5) is 0 Å². The van der Waals surface area contributed by atoms with E-state index in [0.29, 0.717) is 0 Å². The summed E-state index contributed by atoms with van der Waals surface area (Å²) in [5.41, 5.74) is 0. The molecular formula is C8H18O4. The second-order valence-electron chi connectivity index (χ2n) is 3.46. The lowest BCUT2D eigenvalue weighted by Crippen LogP contribution is -2.26. The maximum Gasteiger partial charge on any atom is 0.191 e. The number of hydrogen-bond donors (Lipinski definition) is 2. The molecule has 4 nitrogen and oxygen atoms in total. The van der Waals surface area contributed by atoms with Gasteiger partial charge in [0, 0.05) is 11.8 Å². The number of rotatable bonds is 5. The lowest BCUT2D eigenvalue weighted by atomic mass is 10.2. The highest BCUT2D eigenvalue weighted by molar-refractivity contribution is 4.45. The summed E-state index contributed by atoms with van der Waals surface area (Å²) in [6, 6.07) is 0. The van der Waals surface area contributed by atoms with Gasteiger partial charge in [0.1, 0.15) is 0 Å². The van der Waals surface area contributed by atoms with E-state index in [9.17, 15) is 0 Å². The predicted molar refractivity (Wildman–Crippen MR) is 43.9 cm³/mol. The van der Waals surface area contributed by atoms with Crippen molar-refractivity contribution in [3.8, 4) is 0 Å². The average Bonchev–Trinajstić information content (AvgIpc) is 1.98. The molecule has 0 aromatic heterocycles. The van der Waals surface area contributed by atoms with Gasteiger partial charge in [-0.3, -0.25) is 0 Å². The van der Waals surface area contributed by atoms with Crippen LogP contribution >= 0.6 is 0 Å². The molecule has 74 valence electrons. The summed E-state index contributed by atoms with van der Waals surface area (Å²) in [4.78, 5) is 9.06. The van der Waals surface area contributed by atoms with Crippen molar-refractivity contribution in [3.63, 3.8) is 0 Å². The Morgan fingerprint density at radius 2 is 1.00 bits per heavy atom. The molecule has 12 heavy (non-hydrogen) atoms. The molecule has 0 amide bonds. The van der Waals surface area contributed by atoms with Gasteiger partial charge in [0.2, 0.25) is 0 Å². The molecular weight excluding hydrogens is 160 g/mol. The van der Waals surface area contributed by atoms with Gasteiger partial charge in [-0.15, -0.1) is 0 Å². The lowest BCUT2D eigenvalue weighted by Gasteiger charge is -2.18. The Hall–Kier alpha value is -0.160. The highest BCUT2D eigenvalue weighted by Crippen LogP contribution is 2.08. The predicted octanol–water partition coefficient (Wildman–Crippen LogP) is 0.883. The molecule has 2 unspecified atom stereocenters. The number of hydrogen-bond acceptors (Lipinski definition) is 4. The average molecular weight is 178 g/mol. The Morgan fingerprint density at radius 1 is 0.750 bits per heavy atom. The zero-order valence-corrected chi connectivity index (χ0v) is 8.02. The van der Waals surface area contributed by atoms with Gasteiger partial charge in [0.15, 0.2) is 12.6 Å². The maximum absolute atomic E-state index is 9.10. The fourth-order valence-corrected chi connectivity index (χ4v) is 0.336. The molecule has 0 bridgehead atoms. The lowest BCUT2D eigenvalue weighted by molar-refractivity contribution is -0.436. The molecule has 0 aliphatic carbocycles. The first-order valence-corrected chi connectivity index (χ1v) is 4.13. The molecule has 4 heteroatoms. The molecule has 0 aromatic carbocycles. The van der Waals surface area contributed by atoms with E-state index in [1.54, 1.807) is 27.7 Å². The van der Waals surface area contributed by atoms with Crippen LogP contribution < -0.4 is 0 Å². The first-order valence-electron chi connectivity index (χ1n) is 4.13. The third kappa shape index (κ3) is 4.66. The molecule has 0 spiro atoms. The Bertz CT molecular complexity index is 99.6. The zero-order valence-electron chi connectivity index (χ0n) is 8.02. The molecule has 0 aliphatic heterocycles. The normalized spacial score (nSPS) is 17.0. The van der Waals surface area contributed by atoms with E-state index in [1.807, 2.05) is 0 Å². The number of aliphatic hydroxyl groups excluding tert-OH is 2. The van der Waals surface area contributed by atoms with Crippen LogP contribution in [0.3, 0.4) is 0 Å². The Labute approximate surface area is 73.0 Å². The van der Waals surface area contributed by atoms with Crippen LogP contribution in [0.15, 0.2) is 0 Å². The van der Waals surface area contributed by atoms with Gasteiger partial charge in [0.25, 0.3) is 0 Å². The van der Waals surface area contributed by atoms with Gasteiger partial charge in [-0.05, 0) is 0 Å². The summed E-state index contributed by atoms with van der Waals surface area (Å²) in [6.45, 7) is 7.15. The first-order chi connectivity index (χ1) is 5.45. The largest absolute Gasteiger partial charge is 0.365 e. The Kier molecular flexibility index (Phi) is 5.41. The molecule has 2 atom stereocenters. The zero-order chi connectivity index (χ0) is 9.72. The highest BCUT2D eigenvalue weighted by atomic mass is 17.2. The highest BCUT2D eigenvalue weighted by Gasteiger charge is 2.15. The van der Waals surface area contributed by atoms with Crippen LogP contribution in [0.2, 0.25) is 0 Å². The van der Waals surface area contributed by atoms with Crippen molar-refractivity contribution in [3.05, 3.63) is 0 Å². The van der Waals surface area contributed by atoms with Crippen LogP contribution in [0.5, 0.6) is 0 Å². The Balaban J connectivity index is 3.54. The monoisotopic (exact) mass is 178 g/mol. The maximum atomic E-state index is 9.10. The van der Waals surface area contributed by atoms with Crippen molar-refractivity contribution in [2.45, 2.75) is 40.3 Å². The fourth-order valence-electron chi connectivity index (χ4n) is 0.336. The fraction of sp³-hybridized carbons (Fsp3) is 1.00. The van der Waals surface area contributed by atoms with Crippen molar-refractivity contribution in [1.82, 2.24) is 0 Å². The molecule has 2 N–H and O–H groups in total. The summed E-state index contributed by atoms with van der Waals surface area (Å²) in [6.07, 6.45) is -1.98. The first kappa shape index (κ1) is 11.8. The smallest absolute Gasteiger partial charge is 0.191 e. The van der Waals surface area contributed by atoms with E-state index >= 15 is 0 Å². The van der Waals surface area contributed by atoms with E-state index in [2.05, 4.69) is 9.78 Å². The van der Waals surface area contributed by atoms with E-state index < -0.39 is 12.6 Å². The van der Waals surface area contributed by atoms with Gasteiger partial charge in [0.05, 0.1) is 0 Å². The van der Waals surface area contributed by atoms with E-state index in [4.69, 9.17) is 10.2 Å². The minimum absolute atomic E-state index is 0.0515. The minimum atomic E-state index is -0.988. The van der Waals surface area contributed by atoms with Crippen LogP contribution in [-0.2, 0) is 9.78 Å². The van der Waals surface area contributed by atoms with Gasteiger partial charge in [-0.1, -0.05) is 27.7 Å². The SMILES string of the molecule is CC(C)C(O)OOC(O)C(C)C. The standard InChI is InChI=1S/C8H18O4/c1-5(2)7(9)11-12-8(10)6(3)4/h5-10H,1-4H3. The van der Waals surface area contributed by atoms with Gasteiger partial charge in [-0.25, -0.2) is 9.78 Å². The van der Waals surface area contributed by atoms with Gasteiger partial charge in [-0.2, -0.15) is 0 Å². The van der Waals surface area contributed by atoms with Crippen LogP contribution in [0.1, 0.15) is 27.7 Å². The van der Waals surface area contributed by atoms with Crippen molar-refractivity contribution >= 4 is 0 Å². The van der Waals surface area contributed by atoms with E-state index in [1.165, 1.54) is 0 Å². The summed E-state index contributed by atoms with van der Waals surface area (Å²) in [5.74, 6) is -0.103. The molecule has 0 aromatic rings. The molecule has 0 saturated heterocycles. The van der Waals surface area contributed by atoms with E-state index in [-0.39, 0.29) is 11.8 Å². The summed E-state index contributed by atoms with van der Waals surface area (Å²) < 4.78 is 0. The van der Waals surface area contributed by atoms with Crippen LogP contribution in [-0.4, -0.2) is 22.8 Å². The number of aliphatic hydroxyl groups is 2. The van der Waals surface area contributed by atoms with Crippen molar-refractivity contribution in [1.29, 1.82) is 0 Å². The minimum Gasteiger partial charge on any atom is -0.365 e. The third-order valence-electron chi connectivity index (χ3n) is 1.39. The van der Waals surface area contributed by atoms with Crippen LogP contribution in [0.25, 0.3) is 0 Å². The molecule has 0 saturated carbocycles. The summed E-state index contributed by atoms with van der Waals surface area (Å²) in [5, 5.41) is 18.2. The van der Waals surface area contributed by atoms with Crippen molar-refractivity contribution in [2.24, 2.45) is 11.8 Å². The third-order valence-corrected chi connectivity index (χ3v) is 1.39. The molecule has 0 aliphatic rings.